The molecule has 0 saturated carbocycles. The van der Waals surface area contributed by atoms with Crippen LogP contribution in [0.5, 0.6) is 0 Å². The number of thioether (sulfide) groups is 1. The second-order valence-corrected chi connectivity index (χ2v) is 5.62. The van der Waals surface area contributed by atoms with Gasteiger partial charge in [0.1, 0.15) is 16.8 Å². The Hall–Kier alpha value is -1.86. The third-order valence-electron chi connectivity index (χ3n) is 2.95. The van der Waals surface area contributed by atoms with Crippen LogP contribution in [0.1, 0.15) is 5.82 Å². The van der Waals surface area contributed by atoms with E-state index in [2.05, 4.69) is 20.2 Å². The molecule has 0 radical (unpaired) electrons. The molecule has 0 aliphatic rings. The maximum atomic E-state index is 13.7. The van der Waals surface area contributed by atoms with Crippen LogP contribution in [0.2, 0.25) is 5.15 Å². The molecule has 2 aromatic heterocycles. The summed E-state index contributed by atoms with van der Waals surface area (Å²) in [6.45, 7) is 0. The number of aromatic nitrogens is 5. The number of H-pyrrole nitrogens is 1. The van der Waals surface area contributed by atoms with Gasteiger partial charge in [-0.05, 0) is 12.1 Å². The van der Waals surface area contributed by atoms with Crippen LogP contribution in [-0.2, 0) is 12.8 Å². The minimum Gasteiger partial charge on any atom is -0.322 e. The number of hydrogen-bond donors (Lipinski definition) is 1. The van der Waals surface area contributed by atoms with Gasteiger partial charge >= 0.3 is 0 Å². The maximum Gasteiger partial charge on any atom is 0.209 e. The van der Waals surface area contributed by atoms with Crippen LogP contribution in [0.3, 0.4) is 0 Å². The number of rotatable bonds is 4. The van der Waals surface area contributed by atoms with E-state index in [4.69, 9.17) is 11.6 Å². The van der Waals surface area contributed by atoms with E-state index >= 15 is 0 Å². The summed E-state index contributed by atoms with van der Waals surface area (Å²) in [5, 5.41) is 7.93. The van der Waals surface area contributed by atoms with Crippen molar-refractivity contribution in [1.82, 2.24) is 24.7 Å². The zero-order valence-electron chi connectivity index (χ0n) is 11.0. The Labute approximate surface area is 129 Å². The summed E-state index contributed by atoms with van der Waals surface area (Å²) in [5.74, 6) is 1.48. The number of aromatic amines is 1. The standard InChI is InChI=1S/C13H11ClFN5S/c1-20-10(14)6-16-11(20)7-21-13-17-12(18-19-13)8-4-2-3-5-9(8)15/h2-6H,7H2,1H3,(H,17,18,19). The summed E-state index contributed by atoms with van der Waals surface area (Å²) >= 11 is 7.33. The highest BCUT2D eigenvalue weighted by Crippen LogP contribution is 2.24. The molecule has 21 heavy (non-hydrogen) atoms. The lowest BCUT2D eigenvalue weighted by Gasteiger charge is -1.99. The molecular weight excluding hydrogens is 313 g/mol. The summed E-state index contributed by atoms with van der Waals surface area (Å²) in [6.07, 6.45) is 1.60. The molecule has 3 rings (SSSR count). The molecule has 5 nitrogen and oxygen atoms in total. The van der Waals surface area contributed by atoms with E-state index in [0.717, 1.165) is 5.82 Å². The first-order chi connectivity index (χ1) is 10.1. The van der Waals surface area contributed by atoms with Gasteiger partial charge in [0.25, 0.3) is 0 Å². The highest BCUT2D eigenvalue weighted by Gasteiger charge is 2.11. The summed E-state index contributed by atoms with van der Waals surface area (Å²) in [7, 11) is 1.84. The molecule has 0 bridgehead atoms. The molecule has 8 heteroatoms. The molecule has 0 unspecified atom stereocenters. The number of nitrogens with zero attached hydrogens (tertiary/aromatic N) is 4. The Kier molecular flexibility index (Phi) is 3.94. The lowest BCUT2D eigenvalue weighted by atomic mass is 10.2. The predicted octanol–water partition coefficient (Wildman–Crippen LogP) is 3.29. The highest BCUT2D eigenvalue weighted by atomic mass is 35.5. The van der Waals surface area contributed by atoms with Crippen LogP contribution in [0.4, 0.5) is 4.39 Å². The van der Waals surface area contributed by atoms with E-state index < -0.39 is 0 Å². The molecule has 2 heterocycles. The molecule has 0 amide bonds. The van der Waals surface area contributed by atoms with Crippen molar-refractivity contribution in [3.05, 3.63) is 47.3 Å². The van der Waals surface area contributed by atoms with Crippen molar-refractivity contribution in [2.24, 2.45) is 7.05 Å². The molecule has 0 saturated heterocycles. The van der Waals surface area contributed by atoms with Crippen LogP contribution in [-0.4, -0.2) is 24.7 Å². The van der Waals surface area contributed by atoms with Gasteiger partial charge in [-0.2, -0.15) is 0 Å². The smallest absolute Gasteiger partial charge is 0.209 e. The number of benzene rings is 1. The second kappa shape index (κ2) is 5.87. The van der Waals surface area contributed by atoms with Crippen molar-refractivity contribution in [3.63, 3.8) is 0 Å². The SMILES string of the molecule is Cn1c(Cl)cnc1CSc1n[nH]c(-c2ccccc2F)n1. The zero-order valence-corrected chi connectivity index (χ0v) is 12.6. The van der Waals surface area contributed by atoms with E-state index in [1.165, 1.54) is 17.8 Å². The van der Waals surface area contributed by atoms with Crippen molar-refractivity contribution in [3.8, 4) is 11.4 Å². The van der Waals surface area contributed by atoms with Crippen molar-refractivity contribution in [2.75, 3.05) is 0 Å². The summed E-state index contributed by atoms with van der Waals surface area (Å²) in [6, 6.07) is 6.43. The molecule has 0 atom stereocenters. The Morgan fingerprint density at radius 1 is 1.38 bits per heavy atom. The Morgan fingerprint density at radius 2 is 2.19 bits per heavy atom. The van der Waals surface area contributed by atoms with Crippen LogP contribution in [0.15, 0.2) is 35.6 Å². The van der Waals surface area contributed by atoms with Gasteiger partial charge < -0.3 is 4.57 Å². The van der Waals surface area contributed by atoms with E-state index in [1.54, 1.807) is 29.0 Å². The molecule has 1 aromatic carbocycles. The van der Waals surface area contributed by atoms with Crippen molar-refractivity contribution in [2.45, 2.75) is 10.9 Å². The molecule has 0 aliphatic carbocycles. The van der Waals surface area contributed by atoms with Gasteiger partial charge in [0, 0.05) is 7.05 Å². The summed E-state index contributed by atoms with van der Waals surface area (Å²) in [4.78, 5) is 8.47. The number of imidazole rings is 1. The Morgan fingerprint density at radius 3 is 2.90 bits per heavy atom. The molecule has 0 aliphatic heterocycles. The maximum absolute atomic E-state index is 13.7. The quantitative estimate of drug-likeness (QED) is 0.748. The minimum absolute atomic E-state index is 0.332. The van der Waals surface area contributed by atoms with Gasteiger partial charge in [0.15, 0.2) is 5.82 Å². The number of nitrogens with one attached hydrogen (secondary N) is 1. The first-order valence-corrected chi connectivity index (χ1v) is 7.47. The third-order valence-corrected chi connectivity index (χ3v) is 4.15. The first kappa shape index (κ1) is 14.1. The third kappa shape index (κ3) is 2.93. The summed E-state index contributed by atoms with van der Waals surface area (Å²) < 4.78 is 15.5. The second-order valence-electron chi connectivity index (χ2n) is 4.29. The molecule has 108 valence electrons. The van der Waals surface area contributed by atoms with Crippen molar-refractivity contribution >= 4 is 23.4 Å². The lowest BCUT2D eigenvalue weighted by molar-refractivity contribution is 0.630. The molecule has 0 spiro atoms. The number of hydrogen-bond acceptors (Lipinski definition) is 4. The monoisotopic (exact) mass is 323 g/mol. The van der Waals surface area contributed by atoms with E-state index in [0.29, 0.717) is 27.5 Å². The van der Waals surface area contributed by atoms with E-state index in [1.807, 2.05) is 7.05 Å². The lowest BCUT2D eigenvalue weighted by Crippen LogP contribution is -1.96. The highest BCUT2D eigenvalue weighted by molar-refractivity contribution is 7.98. The fraction of sp³-hybridized carbons (Fsp3) is 0.154. The fourth-order valence-corrected chi connectivity index (χ4v) is 2.71. The van der Waals surface area contributed by atoms with Crippen LogP contribution >= 0.6 is 23.4 Å². The molecule has 1 N–H and O–H groups in total. The zero-order chi connectivity index (χ0) is 14.8. The first-order valence-electron chi connectivity index (χ1n) is 6.11. The van der Waals surface area contributed by atoms with Crippen molar-refractivity contribution < 1.29 is 4.39 Å². The van der Waals surface area contributed by atoms with Gasteiger partial charge in [-0.25, -0.2) is 14.4 Å². The van der Waals surface area contributed by atoms with Crippen molar-refractivity contribution in [1.29, 1.82) is 0 Å². The number of halogens is 2. The topological polar surface area (TPSA) is 59.4 Å². The van der Waals surface area contributed by atoms with Crippen LogP contribution < -0.4 is 0 Å². The van der Waals surface area contributed by atoms with Gasteiger partial charge in [0.05, 0.1) is 17.5 Å². The van der Waals surface area contributed by atoms with Gasteiger partial charge in [-0.3, -0.25) is 5.10 Å². The van der Waals surface area contributed by atoms with Crippen LogP contribution in [0, 0.1) is 5.82 Å². The normalized spacial score (nSPS) is 11.0. The largest absolute Gasteiger partial charge is 0.322 e. The molecular formula is C13H11ClFN5S. The Bertz CT molecular complexity index is 770. The van der Waals surface area contributed by atoms with Gasteiger partial charge in [-0.1, -0.05) is 35.5 Å². The fourth-order valence-electron chi connectivity index (χ4n) is 1.77. The predicted molar refractivity (Wildman–Crippen MR) is 79.6 cm³/mol. The Balaban J connectivity index is 1.74. The average molecular weight is 324 g/mol. The summed E-state index contributed by atoms with van der Waals surface area (Å²) in [5.41, 5.74) is 0.400. The van der Waals surface area contributed by atoms with E-state index in [-0.39, 0.29) is 5.82 Å². The van der Waals surface area contributed by atoms with Gasteiger partial charge in [0.2, 0.25) is 5.16 Å². The van der Waals surface area contributed by atoms with E-state index in [9.17, 15) is 4.39 Å². The molecule has 0 fully saturated rings. The van der Waals surface area contributed by atoms with Crippen LogP contribution in [0.25, 0.3) is 11.4 Å². The average Bonchev–Trinajstić information content (AvgIpc) is 3.06. The van der Waals surface area contributed by atoms with Gasteiger partial charge in [-0.15, -0.1) is 5.10 Å². The minimum atomic E-state index is -0.332. The molecule has 3 aromatic rings.